The van der Waals surface area contributed by atoms with Gasteiger partial charge in [0.25, 0.3) is 5.91 Å². The molecule has 0 saturated heterocycles. The summed E-state index contributed by atoms with van der Waals surface area (Å²) in [5.74, 6) is -1.35. The van der Waals surface area contributed by atoms with Crippen LogP contribution in [-0.4, -0.2) is 51.0 Å². The fraction of sp³-hybridized carbons (Fsp3) is 0.429. The van der Waals surface area contributed by atoms with Gasteiger partial charge in [-0.1, -0.05) is 101 Å². The van der Waals surface area contributed by atoms with E-state index in [9.17, 15) is 19.5 Å². The topological polar surface area (TPSA) is 108 Å². The lowest BCUT2D eigenvalue weighted by Gasteiger charge is -2.24. The SMILES string of the molecule is CC/C=C\C/C=C\C/C=C\C/C=C\C/C=C\C/C=C\CCC(=O)N[C@@H](CSSC(C)(C)CNC(=O)c1cccnc1)C(=O)O. The number of hydrogen-bond donors (Lipinski definition) is 3. The van der Waals surface area contributed by atoms with Crippen molar-refractivity contribution in [2.45, 2.75) is 82.9 Å². The number of pyridine rings is 1. The summed E-state index contributed by atoms with van der Waals surface area (Å²) in [6.07, 6.45) is 35.2. The number of hydrogen-bond acceptors (Lipinski definition) is 6. The molecule has 0 aromatic carbocycles. The lowest BCUT2D eigenvalue weighted by atomic mass is 10.2. The first-order valence-electron chi connectivity index (χ1n) is 15.2. The number of rotatable bonds is 23. The summed E-state index contributed by atoms with van der Waals surface area (Å²) in [7, 11) is 2.84. The van der Waals surface area contributed by atoms with Crippen molar-refractivity contribution in [3.05, 3.63) is 103 Å². The van der Waals surface area contributed by atoms with Crippen molar-refractivity contribution in [1.29, 1.82) is 0 Å². The van der Waals surface area contributed by atoms with Crippen molar-refractivity contribution in [3.8, 4) is 0 Å². The maximum atomic E-state index is 12.3. The Balaban J connectivity index is 2.18. The van der Waals surface area contributed by atoms with Crippen molar-refractivity contribution < 1.29 is 19.5 Å². The molecule has 0 aliphatic rings. The minimum atomic E-state index is -1.07. The number of carbonyl (C=O) groups excluding carboxylic acids is 2. The molecule has 0 unspecified atom stereocenters. The number of aromatic nitrogens is 1. The third-order valence-corrected chi connectivity index (χ3v) is 9.18. The van der Waals surface area contributed by atoms with Gasteiger partial charge in [0.05, 0.1) is 5.56 Å². The van der Waals surface area contributed by atoms with E-state index in [1.165, 1.54) is 27.8 Å². The van der Waals surface area contributed by atoms with Gasteiger partial charge in [0.15, 0.2) is 0 Å². The van der Waals surface area contributed by atoms with E-state index in [0.29, 0.717) is 18.5 Å². The van der Waals surface area contributed by atoms with Crippen molar-refractivity contribution in [2.75, 3.05) is 12.3 Å². The van der Waals surface area contributed by atoms with Gasteiger partial charge in [-0.2, -0.15) is 0 Å². The van der Waals surface area contributed by atoms with Crippen LogP contribution in [0.2, 0.25) is 0 Å². The Hall–Kier alpha value is -3.30. The Bertz CT molecular complexity index is 1140. The summed E-state index contributed by atoms with van der Waals surface area (Å²) in [6, 6.07) is 2.42. The molecule has 1 rings (SSSR count). The predicted octanol–water partition coefficient (Wildman–Crippen LogP) is 8.02. The number of allylic oxidation sites excluding steroid dienone is 12. The molecule has 0 aliphatic carbocycles. The summed E-state index contributed by atoms with van der Waals surface area (Å²) in [5.41, 5.74) is 0.485. The van der Waals surface area contributed by atoms with Crippen LogP contribution < -0.4 is 10.6 Å². The van der Waals surface area contributed by atoms with Crippen molar-refractivity contribution in [3.63, 3.8) is 0 Å². The van der Waals surface area contributed by atoms with Crippen LogP contribution in [0.3, 0.4) is 0 Å². The third kappa shape index (κ3) is 21.4. The van der Waals surface area contributed by atoms with Gasteiger partial charge in [-0.15, -0.1) is 0 Å². The quantitative estimate of drug-likeness (QED) is 0.0822. The van der Waals surface area contributed by atoms with E-state index in [4.69, 9.17) is 0 Å². The Morgan fingerprint density at radius 2 is 1.43 bits per heavy atom. The van der Waals surface area contributed by atoms with E-state index in [-0.39, 0.29) is 28.7 Å². The highest BCUT2D eigenvalue weighted by atomic mass is 33.1. The van der Waals surface area contributed by atoms with Crippen LogP contribution in [0.25, 0.3) is 0 Å². The Kier molecular flexibility index (Phi) is 22.1. The average molecular weight is 640 g/mol. The van der Waals surface area contributed by atoms with Crippen molar-refractivity contribution in [2.24, 2.45) is 0 Å². The van der Waals surface area contributed by atoms with E-state index >= 15 is 0 Å². The molecule has 0 radical (unpaired) electrons. The lowest BCUT2D eigenvalue weighted by Crippen LogP contribution is -2.42. The van der Waals surface area contributed by atoms with Gasteiger partial charge in [0.1, 0.15) is 6.04 Å². The zero-order chi connectivity index (χ0) is 32.3. The second-order valence-corrected chi connectivity index (χ2v) is 13.5. The van der Waals surface area contributed by atoms with E-state index in [2.05, 4.69) is 83.3 Å². The van der Waals surface area contributed by atoms with Crippen LogP contribution in [0.4, 0.5) is 0 Å². The second kappa shape index (κ2) is 25.1. The van der Waals surface area contributed by atoms with E-state index < -0.39 is 12.0 Å². The number of aliphatic carboxylic acids is 1. The molecule has 7 nitrogen and oxygen atoms in total. The van der Waals surface area contributed by atoms with Gasteiger partial charge >= 0.3 is 5.97 Å². The molecule has 0 bridgehead atoms. The molecule has 0 aliphatic heterocycles. The number of nitrogens with zero attached hydrogens (tertiary/aromatic N) is 1. The molecule has 1 aromatic rings. The highest BCUT2D eigenvalue weighted by Crippen LogP contribution is 2.35. The molecule has 1 heterocycles. The van der Waals surface area contributed by atoms with E-state index in [1.807, 2.05) is 26.0 Å². The zero-order valence-electron chi connectivity index (χ0n) is 26.3. The number of amides is 2. The first-order chi connectivity index (χ1) is 21.2. The smallest absolute Gasteiger partial charge is 0.327 e. The predicted molar refractivity (Wildman–Crippen MR) is 188 cm³/mol. The molecule has 1 aromatic heterocycles. The summed E-state index contributed by atoms with van der Waals surface area (Å²) >= 11 is 0. The fourth-order valence-corrected chi connectivity index (χ4v) is 6.10. The standard InChI is InChI=1S/C35H49N3O4S2/c1-4-5-6-7-8-9-10-11-12-13-14-15-16-17-18-19-20-21-22-25-32(39)38-31(34(41)42)28-43-44-35(2,3)29-37-33(40)30-24-23-26-36-27-30/h5-6,8-9,11-12,14-15,17-18,20-21,23-24,26-27,31H,4,7,10,13,16,19,22,25,28-29H2,1-3H3,(H,37,40)(H,38,39)(H,41,42)/b6-5-,9-8-,12-11-,15-14-,18-17-,21-20-/t31-/m0/s1. The molecular weight excluding hydrogens is 591 g/mol. The zero-order valence-corrected chi connectivity index (χ0v) is 28.0. The normalized spacial score (nSPS) is 13.2. The van der Waals surface area contributed by atoms with E-state index in [1.54, 1.807) is 18.3 Å². The average Bonchev–Trinajstić information content (AvgIpc) is 3.00. The van der Waals surface area contributed by atoms with Crippen LogP contribution in [-0.2, 0) is 9.59 Å². The minimum absolute atomic E-state index is 0.209. The summed E-state index contributed by atoms with van der Waals surface area (Å²) in [6.45, 7) is 6.47. The highest BCUT2D eigenvalue weighted by molar-refractivity contribution is 8.77. The monoisotopic (exact) mass is 639 g/mol. The fourth-order valence-electron chi connectivity index (χ4n) is 3.48. The molecule has 9 heteroatoms. The molecule has 0 spiro atoms. The summed E-state index contributed by atoms with van der Waals surface area (Å²) in [5, 5.41) is 15.1. The minimum Gasteiger partial charge on any atom is -0.480 e. The van der Waals surface area contributed by atoms with Crippen molar-refractivity contribution >= 4 is 39.4 Å². The number of carbonyl (C=O) groups is 3. The first kappa shape index (κ1) is 38.7. The lowest BCUT2D eigenvalue weighted by molar-refractivity contribution is -0.141. The van der Waals surface area contributed by atoms with Gasteiger partial charge in [0, 0.05) is 35.9 Å². The molecule has 0 saturated carbocycles. The van der Waals surface area contributed by atoms with Crippen LogP contribution in [0, 0.1) is 0 Å². The molecular formula is C35H49N3O4S2. The molecule has 44 heavy (non-hydrogen) atoms. The number of carboxylic acids is 1. The largest absolute Gasteiger partial charge is 0.480 e. The van der Waals surface area contributed by atoms with Gasteiger partial charge in [0.2, 0.25) is 5.91 Å². The van der Waals surface area contributed by atoms with Gasteiger partial charge in [-0.3, -0.25) is 14.6 Å². The summed E-state index contributed by atoms with van der Waals surface area (Å²) in [4.78, 5) is 40.2. The van der Waals surface area contributed by atoms with Crippen LogP contribution in [0.1, 0.15) is 82.5 Å². The number of carboxylic acid groups (broad SMARTS) is 1. The van der Waals surface area contributed by atoms with Gasteiger partial charge < -0.3 is 15.7 Å². The highest BCUT2D eigenvalue weighted by Gasteiger charge is 2.24. The Labute approximate surface area is 271 Å². The maximum absolute atomic E-state index is 12.3. The maximum Gasteiger partial charge on any atom is 0.327 e. The second-order valence-electron chi connectivity index (χ2n) is 10.5. The molecule has 240 valence electrons. The molecule has 1 atom stereocenters. The first-order valence-corrected chi connectivity index (χ1v) is 17.5. The van der Waals surface area contributed by atoms with Crippen LogP contribution in [0.5, 0.6) is 0 Å². The molecule has 2 amide bonds. The van der Waals surface area contributed by atoms with E-state index in [0.717, 1.165) is 38.5 Å². The van der Waals surface area contributed by atoms with Crippen LogP contribution in [0.15, 0.2) is 97.4 Å². The third-order valence-electron chi connectivity index (χ3n) is 5.89. The van der Waals surface area contributed by atoms with Crippen LogP contribution >= 0.6 is 21.6 Å². The Morgan fingerprint density at radius 1 is 0.886 bits per heavy atom. The van der Waals surface area contributed by atoms with Gasteiger partial charge in [-0.25, -0.2) is 4.79 Å². The number of nitrogens with one attached hydrogen (secondary N) is 2. The Morgan fingerprint density at radius 3 is 1.93 bits per heavy atom. The summed E-state index contributed by atoms with van der Waals surface area (Å²) < 4.78 is -0.342. The molecule has 3 N–H and O–H groups in total. The molecule has 0 fully saturated rings. The van der Waals surface area contributed by atoms with Crippen molar-refractivity contribution in [1.82, 2.24) is 15.6 Å². The van der Waals surface area contributed by atoms with Gasteiger partial charge in [-0.05, 0) is 70.9 Å².